The summed E-state index contributed by atoms with van der Waals surface area (Å²) in [6.45, 7) is 6.09. The van der Waals surface area contributed by atoms with E-state index in [9.17, 15) is 4.79 Å². The van der Waals surface area contributed by atoms with Gasteiger partial charge >= 0.3 is 0 Å². The van der Waals surface area contributed by atoms with Gasteiger partial charge in [0.15, 0.2) is 0 Å². The second-order valence-electron chi connectivity index (χ2n) is 5.58. The van der Waals surface area contributed by atoms with Crippen molar-refractivity contribution in [1.29, 1.82) is 0 Å². The molecule has 0 aromatic heterocycles. The van der Waals surface area contributed by atoms with Crippen molar-refractivity contribution in [3.63, 3.8) is 0 Å². The molecule has 1 unspecified atom stereocenters. The molecule has 0 spiro atoms. The highest BCUT2D eigenvalue weighted by atomic mass is 79.9. The Morgan fingerprint density at radius 3 is 3.05 bits per heavy atom. The minimum atomic E-state index is 0.102. The van der Waals surface area contributed by atoms with Crippen molar-refractivity contribution in [2.75, 3.05) is 19.7 Å². The van der Waals surface area contributed by atoms with E-state index >= 15 is 0 Å². The summed E-state index contributed by atoms with van der Waals surface area (Å²) in [5.74, 6) is 1.02. The Balaban J connectivity index is 1.75. The molecule has 1 aliphatic rings. The average Bonchev–Trinajstić information content (AvgIpc) is 2.51. The first-order valence-corrected chi connectivity index (χ1v) is 8.49. The van der Waals surface area contributed by atoms with Crippen LogP contribution in [0.1, 0.15) is 32.3 Å². The standard InChI is InChI=1S/C17H23BrN2O2/c1-3-12(2)20-17(21)6-7-19-10-13-8-14-9-15(18)4-5-16(14)22-11-13/h4-5,8-9,12,19H,3,6-7,10-11H2,1-2H3,(H,20,21). The largest absolute Gasteiger partial charge is 0.489 e. The zero-order valence-corrected chi connectivity index (χ0v) is 14.7. The topological polar surface area (TPSA) is 50.4 Å². The number of carbonyl (C=O) groups is 1. The fourth-order valence-corrected chi connectivity index (χ4v) is 2.58. The molecule has 0 radical (unpaired) electrons. The summed E-state index contributed by atoms with van der Waals surface area (Å²) < 4.78 is 6.77. The Hall–Kier alpha value is -1.33. The third-order valence-corrected chi connectivity index (χ3v) is 4.14. The molecule has 1 aliphatic heterocycles. The van der Waals surface area contributed by atoms with E-state index in [0.717, 1.165) is 28.8 Å². The van der Waals surface area contributed by atoms with Gasteiger partial charge < -0.3 is 15.4 Å². The van der Waals surface area contributed by atoms with Gasteiger partial charge in [0.05, 0.1) is 0 Å². The molecule has 1 aromatic carbocycles. The number of nitrogens with one attached hydrogen (secondary N) is 2. The van der Waals surface area contributed by atoms with Crippen molar-refractivity contribution in [2.24, 2.45) is 0 Å². The molecule has 0 fully saturated rings. The molecule has 5 heteroatoms. The number of ether oxygens (including phenoxy) is 1. The van der Waals surface area contributed by atoms with E-state index in [0.29, 0.717) is 19.6 Å². The fraction of sp³-hybridized carbons (Fsp3) is 0.471. The first kappa shape index (κ1) is 17.0. The second-order valence-corrected chi connectivity index (χ2v) is 6.49. The molecule has 1 amide bonds. The highest BCUT2D eigenvalue weighted by molar-refractivity contribution is 9.10. The van der Waals surface area contributed by atoms with E-state index in [1.807, 2.05) is 25.1 Å². The lowest BCUT2D eigenvalue weighted by atomic mass is 10.1. The molecule has 0 bridgehead atoms. The van der Waals surface area contributed by atoms with Crippen LogP contribution in [0.4, 0.5) is 0 Å². The summed E-state index contributed by atoms with van der Waals surface area (Å²) in [4.78, 5) is 11.7. The molecular weight excluding hydrogens is 344 g/mol. The zero-order chi connectivity index (χ0) is 15.9. The molecule has 4 nitrogen and oxygen atoms in total. The van der Waals surface area contributed by atoms with E-state index < -0.39 is 0 Å². The van der Waals surface area contributed by atoms with Gasteiger partial charge in [-0.1, -0.05) is 22.9 Å². The summed E-state index contributed by atoms with van der Waals surface area (Å²) in [5.41, 5.74) is 2.28. The van der Waals surface area contributed by atoms with Crippen LogP contribution in [0.15, 0.2) is 28.2 Å². The Kier molecular flexibility index (Phi) is 6.46. The maximum atomic E-state index is 11.7. The minimum Gasteiger partial charge on any atom is -0.489 e. The minimum absolute atomic E-state index is 0.102. The van der Waals surface area contributed by atoms with Gasteiger partial charge in [-0.15, -0.1) is 0 Å². The van der Waals surface area contributed by atoms with Crippen molar-refractivity contribution in [3.8, 4) is 5.75 Å². The number of hydrogen-bond donors (Lipinski definition) is 2. The number of rotatable bonds is 7. The summed E-state index contributed by atoms with van der Waals surface area (Å²) in [6, 6.07) is 6.25. The number of fused-ring (bicyclic) bond motifs is 1. The molecule has 0 aliphatic carbocycles. The van der Waals surface area contributed by atoms with E-state index in [1.54, 1.807) is 0 Å². The van der Waals surface area contributed by atoms with Gasteiger partial charge in [0, 0.05) is 35.6 Å². The number of amides is 1. The summed E-state index contributed by atoms with van der Waals surface area (Å²) in [6.07, 6.45) is 3.61. The molecule has 1 aromatic rings. The predicted molar refractivity (Wildman–Crippen MR) is 93.0 cm³/mol. The van der Waals surface area contributed by atoms with Crippen molar-refractivity contribution in [1.82, 2.24) is 10.6 Å². The molecule has 1 heterocycles. The van der Waals surface area contributed by atoms with Crippen LogP contribution in [-0.4, -0.2) is 31.6 Å². The number of halogens is 1. The monoisotopic (exact) mass is 366 g/mol. The van der Waals surface area contributed by atoms with Crippen LogP contribution in [0, 0.1) is 0 Å². The second kappa shape index (κ2) is 8.34. The molecular formula is C17H23BrN2O2. The summed E-state index contributed by atoms with van der Waals surface area (Å²) in [7, 11) is 0. The Morgan fingerprint density at radius 2 is 2.27 bits per heavy atom. The first-order chi connectivity index (χ1) is 10.6. The van der Waals surface area contributed by atoms with Crippen molar-refractivity contribution >= 4 is 27.9 Å². The Labute approximate surface area is 140 Å². The fourth-order valence-electron chi connectivity index (χ4n) is 2.20. The van der Waals surface area contributed by atoms with Crippen molar-refractivity contribution in [3.05, 3.63) is 33.8 Å². The lowest BCUT2D eigenvalue weighted by molar-refractivity contribution is -0.121. The zero-order valence-electron chi connectivity index (χ0n) is 13.1. The molecule has 22 heavy (non-hydrogen) atoms. The lowest BCUT2D eigenvalue weighted by Crippen LogP contribution is -2.34. The van der Waals surface area contributed by atoms with E-state index in [2.05, 4.69) is 39.6 Å². The highest BCUT2D eigenvalue weighted by Crippen LogP contribution is 2.28. The van der Waals surface area contributed by atoms with Gasteiger partial charge in [0.25, 0.3) is 0 Å². The van der Waals surface area contributed by atoms with E-state index in [-0.39, 0.29) is 11.9 Å². The first-order valence-electron chi connectivity index (χ1n) is 7.70. The van der Waals surface area contributed by atoms with Crippen LogP contribution in [0.2, 0.25) is 0 Å². The maximum Gasteiger partial charge on any atom is 0.221 e. The lowest BCUT2D eigenvalue weighted by Gasteiger charge is -2.18. The SMILES string of the molecule is CCC(C)NC(=O)CCNCC1=Cc2cc(Br)ccc2OC1. The molecule has 0 saturated heterocycles. The van der Waals surface area contributed by atoms with Gasteiger partial charge in [0.1, 0.15) is 12.4 Å². The third kappa shape index (κ3) is 5.14. The normalized spacial score (nSPS) is 14.6. The molecule has 0 saturated carbocycles. The molecule has 2 N–H and O–H groups in total. The van der Waals surface area contributed by atoms with Crippen molar-refractivity contribution < 1.29 is 9.53 Å². The smallest absolute Gasteiger partial charge is 0.221 e. The van der Waals surface area contributed by atoms with Crippen LogP contribution < -0.4 is 15.4 Å². The van der Waals surface area contributed by atoms with Gasteiger partial charge in [-0.2, -0.15) is 0 Å². The van der Waals surface area contributed by atoms with Gasteiger partial charge in [-0.3, -0.25) is 4.79 Å². The van der Waals surface area contributed by atoms with Gasteiger partial charge in [0.2, 0.25) is 5.91 Å². The van der Waals surface area contributed by atoms with E-state index in [1.165, 1.54) is 5.57 Å². The van der Waals surface area contributed by atoms with Gasteiger partial charge in [-0.05, 0) is 43.2 Å². The molecule has 2 rings (SSSR count). The quantitative estimate of drug-likeness (QED) is 0.728. The molecule has 1 atom stereocenters. The summed E-state index contributed by atoms with van der Waals surface area (Å²) >= 11 is 3.47. The van der Waals surface area contributed by atoms with Crippen LogP contribution >= 0.6 is 15.9 Å². The predicted octanol–water partition coefficient (Wildman–Crippen LogP) is 3.12. The third-order valence-electron chi connectivity index (χ3n) is 3.65. The van der Waals surface area contributed by atoms with Crippen LogP contribution in [-0.2, 0) is 4.79 Å². The highest BCUT2D eigenvalue weighted by Gasteiger charge is 2.11. The Bertz CT molecular complexity index is 558. The van der Waals surface area contributed by atoms with Crippen LogP contribution in [0.25, 0.3) is 6.08 Å². The maximum absolute atomic E-state index is 11.7. The van der Waals surface area contributed by atoms with Crippen LogP contribution in [0.3, 0.4) is 0 Å². The van der Waals surface area contributed by atoms with E-state index in [4.69, 9.17) is 4.74 Å². The van der Waals surface area contributed by atoms with Crippen LogP contribution in [0.5, 0.6) is 5.75 Å². The Morgan fingerprint density at radius 1 is 1.45 bits per heavy atom. The average molecular weight is 367 g/mol. The van der Waals surface area contributed by atoms with Gasteiger partial charge in [-0.25, -0.2) is 0 Å². The molecule has 120 valence electrons. The number of benzene rings is 1. The summed E-state index contributed by atoms with van der Waals surface area (Å²) in [5, 5.41) is 6.27. The van der Waals surface area contributed by atoms with Crippen molar-refractivity contribution in [2.45, 2.75) is 32.7 Å². The number of hydrogen-bond acceptors (Lipinski definition) is 3. The number of carbonyl (C=O) groups excluding carboxylic acids is 1.